The van der Waals surface area contributed by atoms with Crippen LogP contribution < -0.4 is 5.32 Å². The fourth-order valence-electron chi connectivity index (χ4n) is 1.87. The molecule has 18 heavy (non-hydrogen) atoms. The van der Waals surface area contributed by atoms with E-state index in [4.69, 9.17) is 0 Å². The summed E-state index contributed by atoms with van der Waals surface area (Å²) in [6.07, 6.45) is 5.21. The van der Waals surface area contributed by atoms with Crippen molar-refractivity contribution in [1.29, 1.82) is 0 Å². The van der Waals surface area contributed by atoms with Crippen LogP contribution in [0.15, 0.2) is 12.4 Å². The van der Waals surface area contributed by atoms with Gasteiger partial charge in [0.05, 0.1) is 11.3 Å². The van der Waals surface area contributed by atoms with E-state index in [0.29, 0.717) is 12.1 Å². The van der Waals surface area contributed by atoms with Crippen molar-refractivity contribution in [3.8, 4) is 0 Å². The number of aromatic nitrogens is 4. The highest BCUT2D eigenvalue weighted by Gasteiger charge is 2.14. The molecule has 0 radical (unpaired) electrons. The molecule has 0 unspecified atom stereocenters. The van der Waals surface area contributed by atoms with Gasteiger partial charge in [0.1, 0.15) is 5.82 Å². The average molecular weight is 247 g/mol. The van der Waals surface area contributed by atoms with Crippen LogP contribution in [0.3, 0.4) is 0 Å². The molecule has 2 aromatic heterocycles. The molecule has 0 spiro atoms. The van der Waals surface area contributed by atoms with Gasteiger partial charge in [0, 0.05) is 31.1 Å². The second-order valence-corrected chi connectivity index (χ2v) is 4.20. The topological polar surface area (TPSA) is 86.5 Å². The highest BCUT2D eigenvalue weighted by molar-refractivity contribution is 5.96. The van der Waals surface area contributed by atoms with E-state index in [1.807, 2.05) is 13.8 Å². The highest BCUT2D eigenvalue weighted by atomic mass is 16.1. The summed E-state index contributed by atoms with van der Waals surface area (Å²) in [4.78, 5) is 19.1. The molecule has 0 aliphatic heterocycles. The summed E-state index contributed by atoms with van der Waals surface area (Å²) in [7, 11) is 0. The smallest absolute Gasteiger partial charge is 0.255 e. The number of H-pyrrole nitrogens is 2. The lowest BCUT2D eigenvalue weighted by atomic mass is 10.2. The maximum absolute atomic E-state index is 11.9. The van der Waals surface area contributed by atoms with Crippen LogP contribution >= 0.6 is 0 Å². The molecular formula is C12H17N5O. The summed E-state index contributed by atoms with van der Waals surface area (Å²) in [5.74, 6) is 0.873. The standard InChI is InChI=1S/C12H17N5O/c1-8-11(9(2)17-16-8)12(18)15-5-3-4-10-13-6-7-14-10/h6-7H,3-5H2,1-2H3,(H,13,14)(H,15,18)(H,16,17). The van der Waals surface area contributed by atoms with Crippen molar-refractivity contribution in [3.05, 3.63) is 35.2 Å². The molecule has 0 aliphatic carbocycles. The first-order valence-electron chi connectivity index (χ1n) is 5.96. The van der Waals surface area contributed by atoms with Crippen molar-refractivity contribution < 1.29 is 4.79 Å². The van der Waals surface area contributed by atoms with E-state index in [1.54, 1.807) is 12.4 Å². The first-order chi connectivity index (χ1) is 8.68. The Morgan fingerprint density at radius 2 is 2.28 bits per heavy atom. The van der Waals surface area contributed by atoms with E-state index in [2.05, 4.69) is 25.5 Å². The molecule has 0 aromatic carbocycles. The number of nitrogens with zero attached hydrogens (tertiary/aromatic N) is 2. The first-order valence-corrected chi connectivity index (χ1v) is 5.96. The summed E-state index contributed by atoms with van der Waals surface area (Å²) in [6, 6.07) is 0. The molecule has 2 aromatic rings. The Hall–Kier alpha value is -2.11. The highest BCUT2D eigenvalue weighted by Crippen LogP contribution is 2.08. The van der Waals surface area contributed by atoms with Crippen LogP contribution in [0.4, 0.5) is 0 Å². The third kappa shape index (κ3) is 2.77. The minimum Gasteiger partial charge on any atom is -0.352 e. The lowest BCUT2D eigenvalue weighted by molar-refractivity contribution is 0.0952. The first kappa shape index (κ1) is 12.3. The molecule has 0 aliphatic rings. The summed E-state index contributed by atoms with van der Waals surface area (Å²) < 4.78 is 0. The van der Waals surface area contributed by atoms with Crippen LogP contribution in [-0.4, -0.2) is 32.6 Å². The zero-order valence-corrected chi connectivity index (χ0v) is 10.6. The third-order valence-corrected chi connectivity index (χ3v) is 2.79. The average Bonchev–Trinajstić information content (AvgIpc) is 2.95. The van der Waals surface area contributed by atoms with Crippen LogP contribution in [-0.2, 0) is 6.42 Å². The van der Waals surface area contributed by atoms with Crippen molar-refractivity contribution in [2.24, 2.45) is 0 Å². The van der Waals surface area contributed by atoms with Gasteiger partial charge in [0.2, 0.25) is 0 Å². The number of hydrogen-bond donors (Lipinski definition) is 3. The summed E-state index contributed by atoms with van der Waals surface area (Å²) in [6.45, 7) is 4.29. The Balaban J connectivity index is 1.79. The van der Waals surface area contributed by atoms with Gasteiger partial charge in [-0.2, -0.15) is 5.10 Å². The molecule has 2 heterocycles. The minimum atomic E-state index is -0.0711. The number of hydrogen-bond acceptors (Lipinski definition) is 3. The third-order valence-electron chi connectivity index (χ3n) is 2.79. The molecule has 0 saturated heterocycles. The minimum absolute atomic E-state index is 0.0711. The van der Waals surface area contributed by atoms with Crippen molar-refractivity contribution in [2.45, 2.75) is 26.7 Å². The molecule has 6 heteroatoms. The van der Waals surface area contributed by atoms with Gasteiger partial charge in [-0.05, 0) is 20.3 Å². The quantitative estimate of drug-likeness (QED) is 0.692. The van der Waals surface area contributed by atoms with Crippen LogP contribution in [0.1, 0.15) is 34.0 Å². The van der Waals surface area contributed by atoms with Gasteiger partial charge in [-0.3, -0.25) is 9.89 Å². The number of amides is 1. The Morgan fingerprint density at radius 1 is 1.44 bits per heavy atom. The number of nitrogens with one attached hydrogen (secondary N) is 3. The number of aryl methyl sites for hydroxylation is 3. The van der Waals surface area contributed by atoms with Crippen LogP contribution in [0.25, 0.3) is 0 Å². The maximum Gasteiger partial charge on any atom is 0.255 e. The lowest BCUT2D eigenvalue weighted by Crippen LogP contribution is -2.25. The van der Waals surface area contributed by atoms with Crippen molar-refractivity contribution in [3.63, 3.8) is 0 Å². The largest absolute Gasteiger partial charge is 0.352 e. The number of imidazole rings is 1. The summed E-state index contributed by atoms with van der Waals surface area (Å²) in [5, 5.41) is 9.70. The van der Waals surface area contributed by atoms with Gasteiger partial charge < -0.3 is 10.3 Å². The number of rotatable bonds is 5. The van der Waals surface area contributed by atoms with Crippen molar-refractivity contribution in [1.82, 2.24) is 25.5 Å². The second-order valence-electron chi connectivity index (χ2n) is 4.20. The van der Waals surface area contributed by atoms with E-state index < -0.39 is 0 Å². The molecule has 0 fully saturated rings. The summed E-state index contributed by atoms with van der Waals surface area (Å²) >= 11 is 0. The zero-order chi connectivity index (χ0) is 13.0. The Morgan fingerprint density at radius 3 is 2.89 bits per heavy atom. The van der Waals surface area contributed by atoms with Crippen LogP contribution in [0.5, 0.6) is 0 Å². The number of carbonyl (C=O) groups excluding carboxylic acids is 1. The Bertz CT molecular complexity index is 495. The zero-order valence-electron chi connectivity index (χ0n) is 10.6. The molecule has 0 atom stereocenters. The van der Waals surface area contributed by atoms with E-state index in [0.717, 1.165) is 30.1 Å². The van der Waals surface area contributed by atoms with E-state index >= 15 is 0 Å². The Kier molecular flexibility index (Phi) is 3.76. The monoisotopic (exact) mass is 247 g/mol. The fourth-order valence-corrected chi connectivity index (χ4v) is 1.87. The lowest BCUT2D eigenvalue weighted by Gasteiger charge is -2.04. The molecule has 0 saturated carbocycles. The van der Waals surface area contributed by atoms with E-state index in [1.165, 1.54) is 0 Å². The van der Waals surface area contributed by atoms with E-state index in [9.17, 15) is 4.79 Å². The second kappa shape index (κ2) is 5.48. The molecule has 1 amide bonds. The predicted octanol–water partition coefficient (Wildman–Crippen LogP) is 1.11. The van der Waals surface area contributed by atoms with Crippen molar-refractivity contribution in [2.75, 3.05) is 6.54 Å². The van der Waals surface area contributed by atoms with E-state index in [-0.39, 0.29) is 5.91 Å². The van der Waals surface area contributed by atoms with Gasteiger partial charge in [0.15, 0.2) is 0 Å². The molecular weight excluding hydrogens is 230 g/mol. The fraction of sp³-hybridized carbons (Fsp3) is 0.417. The van der Waals surface area contributed by atoms with Gasteiger partial charge in [-0.25, -0.2) is 4.98 Å². The van der Waals surface area contributed by atoms with Crippen molar-refractivity contribution >= 4 is 5.91 Å². The van der Waals surface area contributed by atoms with Gasteiger partial charge in [-0.15, -0.1) is 0 Å². The molecule has 96 valence electrons. The molecule has 6 nitrogen and oxygen atoms in total. The maximum atomic E-state index is 11.9. The van der Waals surface area contributed by atoms with Gasteiger partial charge >= 0.3 is 0 Å². The predicted molar refractivity (Wildman–Crippen MR) is 67.3 cm³/mol. The molecule has 0 bridgehead atoms. The van der Waals surface area contributed by atoms with Crippen LogP contribution in [0.2, 0.25) is 0 Å². The number of aromatic amines is 2. The van der Waals surface area contributed by atoms with Crippen LogP contribution in [0, 0.1) is 13.8 Å². The Labute approximate surface area is 105 Å². The normalized spacial score (nSPS) is 10.6. The van der Waals surface area contributed by atoms with Gasteiger partial charge in [0.25, 0.3) is 5.91 Å². The molecule has 2 rings (SSSR count). The SMILES string of the molecule is Cc1n[nH]c(C)c1C(=O)NCCCc1ncc[nH]1. The summed E-state index contributed by atoms with van der Waals surface area (Å²) in [5.41, 5.74) is 2.18. The van der Waals surface area contributed by atoms with Gasteiger partial charge in [-0.1, -0.05) is 0 Å². The molecule has 3 N–H and O–H groups in total. The number of carbonyl (C=O) groups is 1.